The summed E-state index contributed by atoms with van der Waals surface area (Å²) in [7, 11) is 0. The van der Waals surface area contributed by atoms with Gasteiger partial charge in [-0.3, -0.25) is 4.79 Å². The van der Waals surface area contributed by atoms with Crippen LogP contribution in [-0.4, -0.2) is 46.5 Å². The van der Waals surface area contributed by atoms with Gasteiger partial charge in [0.1, 0.15) is 11.6 Å². The minimum absolute atomic E-state index is 0.0280. The Bertz CT molecular complexity index is 718. The fraction of sp³-hybridized carbons (Fsp3) is 0.267. The Morgan fingerprint density at radius 3 is 2.71 bits per heavy atom. The molecule has 126 valence electrons. The van der Waals surface area contributed by atoms with E-state index in [1.54, 1.807) is 18.3 Å². The maximum Gasteiger partial charge on any atom is 0.573 e. The number of anilines is 1. The van der Waals surface area contributed by atoms with Crippen molar-refractivity contribution in [1.82, 2.24) is 15.1 Å². The van der Waals surface area contributed by atoms with E-state index in [1.807, 2.05) is 0 Å². The highest BCUT2D eigenvalue weighted by atomic mass is 19.4. The van der Waals surface area contributed by atoms with Crippen LogP contribution in [0.4, 0.5) is 19.0 Å². The van der Waals surface area contributed by atoms with Crippen molar-refractivity contribution in [2.75, 3.05) is 18.4 Å². The summed E-state index contributed by atoms with van der Waals surface area (Å²) in [5, 5.41) is 10.7. The number of ether oxygens (including phenoxy) is 1. The van der Waals surface area contributed by atoms with Gasteiger partial charge in [0.05, 0.1) is 6.04 Å². The van der Waals surface area contributed by atoms with Gasteiger partial charge in [0, 0.05) is 24.8 Å². The molecule has 0 spiro atoms. The maximum atomic E-state index is 12.3. The normalized spacial score (nSPS) is 14.9. The number of nitrogens with one attached hydrogen (secondary N) is 1. The largest absolute Gasteiger partial charge is 0.573 e. The number of alkyl halides is 3. The number of hydrogen-bond donors (Lipinski definition) is 1. The first-order valence-corrected chi connectivity index (χ1v) is 7.10. The van der Waals surface area contributed by atoms with E-state index >= 15 is 0 Å². The van der Waals surface area contributed by atoms with E-state index in [0.717, 1.165) is 12.1 Å². The number of nitrogens with zero attached hydrogens (tertiary/aromatic N) is 3. The minimum Gasteiger partial charge on any atom is -0.406 e. The lowest BCUT2D eigenvalue weighted by Crippen LogP contribution is -2.57. The quantitative estimate of drug-likeness (QED) is 0.927. The van der Waals surface area contributed by atoms with Crippen LogP contribution in [0.3, 0.4) is 0 Å². The molecule has 24 heavy (non-hydrogen) atoms. The predicted molar refractivity (Wildman–Crippen MR) is 78.5 cm³/mol. The van der Waals surface area contributed by atoms with Crippen LogP contribution in [0.15, 0.2) is 42.6 Å². The second kappa shape index (κ2) is 6.34. The summed E-state index contributed by atoms with van der Waals surface area (Å²) >= 11 is 0. The zero-order valence-corrected chi connectivity index (χ0v) is 12.3. The molecule has 1 N–H and O–H groups in total. The topological polar surface area (TPSA) is 67.3 Å². The van der Waals surface area contributed by atoms with Crippen LogP contribution in [0.25, 0.3) is 0 Å². The van der Waals surface area contributed by atoms with Crippen LogP contribution in [0.5, 0.6) is 5.75 Å². The van der Waals surface area contributed by atoms with Crippen LogP contribution in [0, 0.1) is 0 Å². The third kappa shape index (κ3) is 3.92. The maximum absolute atomic E-state index is 12.3. The van der Waals surface area contributed by atoms with E-state index in [4.69, 9.17) is 0 Å². The molecule has 0 atom stereocenters. The first kappa shape index (κ1) is 16.0. The highest BCUT2D eigenvalue weighted by Crippen LogP contribution is 2.24. The Kier molecular flexibility index (Phi) is 4.24. The Balaban J connectivity index is 1.57. The average molecular weight is 338 g/mol. The van der Waals surface area contributed by atoms with Crippen LogP contribution in [-0.2, 0) is 0 Å². The summed E-state index contributed by atoms with van der Waals surface area (Å²) in [6.07, 6.45) is -3.23. The smallest absolute Gasteiger partial charge is 0.406 e. The summed E-state index contributed by atoms with van der Waals surface area (Å²) in [4.78, 5) is 13.8. The third-order valence-electron chi connectivity index (χ3n) is 3.41. The molecule has 1 aliphatic heterocycles. The molecule has 1 fully saturated rings. The van der Waals surface area contributed by atoms with Crippen molar-refractivity contribution in [2.45, 2.75) is 12.4 Å². The number of halogens is 3. The van der Waals surface area contributed by atoms with Gasteiger partial charge in [0.25, 0.3) is 5.91 Å². The number of carbonyl (C=O) groups is 1. The number of amides is 1. The molecule has 2 heterocycles. The molecule has 1 aliphatic rings. The fourth-order valence-corrected chi connectivity index (χ4v) is 2.33. The van der Waals surface area contributed by atoms with Gasteiger partial charge in [-0.25, -0.2) is 0 Å². The van der Waals surface area contributed by atoms with Gasteiger partial charge >= 0.3 is 6.36 Å². The molecule has 0 bridgehead atoms. The lowest BCUT2D eigenvalue weighted by molar-refractivity contribution is -0.274. The third-order valence-corrected chi connectivity index (χ3v) is 3.41. The van der Waals surface area contributed by atoms with E-state index in [2.05, 4.69) is 20.3 Å². The van der Waals surface area contributed by atoms with Gasteiger partial charge in [0.2, 0.25) is 0 Å². The van der Waals surface area contributed by atoms with Crippen molar-refractivity contribution < 1.29 is 22.7 Å². The highest BCUT2D eigenvalue weighted by molar-refractivity contribution is 5.95. The fourth-order valence-electron chi connectivity index (χ4n) is 2.33. The molecule has 0 aliphatic carbocycles. The standard InChI is InChI=1S/C15H13F3N4O2/c16-15(17,18)24-12-4-1-3-10(7-12)14(23)22-8-11(9-22)20-13-5-2-6-19-21-13/h1-7,11H,8-9H2,(H,20,21). The molecular formula is C15H13F3N4O2. The van der Waals surface area contributed by atoms with Gasteiger partial charge in [-0.05, 0) is 30.3 Å². The van der Waals surface area contributed by atoms with Crippen molar-refractivity contribution >= 4 is 11.7 Å². The Morgan fingerprint density at radius 1 is 1.25 bits per heavy atom. The second-order valence-electron chi connectivity index (χ2n) is 5.24. The number of benzene rings is 1. The molecular weight excluding hydrogens is 325 g/mol. The lowest BCUT2D eigenvalue weighted by Gasteiger charge is -2.39. The van der Waals surface area contributed by atoms with E-state index in [1.165, 1.54) is 17.0 Å². The van der Waals surface area contributed by atoms with Gasteiger partial charge in [-0.2, -0.15) is 5.10 Å². The number of likely N-dealkylation sites (tertiary alicyclic amines) is 1. The Hall–Kier alpha value is -2.84. The van der Waals surface area contributed by atoms with Gasteiger partial charge < -0.3 is 15.0 Å². The average Bonchev–Trinajstić information content (AvgIpc) is 2.49. The van der Waals surface area contributed by atoms with E-state index in [0.29, 0.717) is 18.9 Å². The lowest BCUT2D eigenvalue weighted by atomic mass is 10.1. The predicted octanol–water partition coefficient (Wildman–Crippen LogP) is 2.31. The molecule has 1 amide bonds. The SMILES string of the molecule is O=C(c1cccc(OC(F)(F)F)c1)N1CC(Nc2cccnn2)C1. The summed E-state index contributed by atoms with van der Waals surface area (Å²) in [5.74, 6) is -0.155. The number of aromatic nitrogens is 2. The summed E-state index contributed by atoms with van der Waals surface area (Å²) in [6, 6.07) is 8.56. The van der Waals surface area contributed by atoms with Gasteiger partial charge in [-0.1, -0.05) is 6.07 Å². The Morgan fingerprint density at radius 2 is 2.04 bits per heavy atom. The first-order valence-electron chi connectivity index (χ1n) is 7.10. The van der Waals surface area contributed by atoms with Crippen LogP contribution >= 0.6 is 0 Å². The molecule has 3 rings (SSSR count). The van der Waals surface area contributed by atoms with Crippen molar-refractivity contribution in [3.8, 4) is 5.75 Å². The molecule has 1 aromatic heterocycles. The van der Waals surface area contributed by atoms with Crippen molar-refractivity contribution in [2.24, 2.45) is 0 Å². The molecule has 0 saturated carbocycles. The summed E-state index contributed by atoms with van der Waals surface area (Å²) in [6.45, 7) is 0.861. The van der Waals surface area contributed by atoms with E-state index in [-0.39, 0.29) is 17.5 Å². The number of rotatable bonds is 4. The molecule has 1 saturated heterocycles. The van der Waals surface area contributed by atoms with Crippen LogP contribution in [0.2, 0.25) is 0 Å². The van der Waals surface area contributed by atoms with Crippen molar-refractivity contribution in [1.29, 1.82) is 0 Å². The van der Waals surface area contributed by atoms with E-state index in [9.17, 15) is 18.0 Å². The summed E-state index contributed by atoms with van der Waals surface area (Å²) < 4.78 is 40.5. The van der Waals surface area contributed by atoms with Crippen LogP contribution in [0.1, 0.15) is 10.4 Å². The molecule has 9 heteroatoms. The second-order valence-corrected chi connectivity index (χ2v) is 5.24. The molecule has 0 radical (unpaired) electrons. The number of carbonyl (C=O) groups excluding carboxylic acids is 1. The van der Waals surface area contributed by atoms with Gasteiger partial charge in [0.15, 0.2) is 0 Å². The monoisotopic (exact) mass is 338 g/mol. The molecule has 6 nitrogen and oxygen atoms in total. The number of hydrogen-bond acceptors (Lipinski definition) is 5. The van der Waals surface area contributed by atoms with Crippen LogP contribution < -0.4 is 10.1 Å². The summed E-state index contributed by atoms with van der Waals surface area (Å²) in [5.41, 5.74) is 0.148. The highest BCUT2D eigenvalue weighted by Gasteiger charge is 2.33. The molecule has 1 aromatic carbocycles. The van der Waals surface area contributed by atoms with E-state index < -0.39 is 12.1 Å². The molecule has 0 unspecified atom stereocenters. The van der Waals surface area contributed by atoms with Gasteiger partial charge in [-0.15, -0.1) is 18.3 Å². The zero-order chi connectivity index (χ0) is 17.2. The minimum atomic E-state index is -4.79. The molecule has 2 aromatic rings. The van der Waals surface area contributed by atoms with Crippen molar-refractivity contribution in [3.63, 3.8) is 0 Å². The first-order chi connectivity index (χ1) is 11.4. The zero-order valence-electron chi connectivity index (χ0n) is 12.3. The Labute approximate surface area is 135 Å². The van der Waals surface area contributed by atoms with Crippen molar-refractivity contribution in [3.05, 3.63) is 48.2 Å².